The van der Waals surface area contributed by atoms with Gasteiger partial charge in [0.2, 0.25) is 5.91 Å². The molecule has 0 saturated carbocycles. The maximum Gasteiger partial charge on any atom is 0.326 e. The number of aromatic nitrogens is 2. The van der Waals surface area contributed by atoms with Gasteiger partial charge in [-0.05, 0) is 39.0 Å². The number of thiazole rings is 1. The highest BCUT2D eigenvalue weighted by molar-refractivity contribution is 7.92. The molecular formula is C21H24N4O8S2. The van der Waals surface area contributed by atoms with E-state index in [1.807, 2.05) is 6.92 Å². The fourth-order valence-electron chi connectivity index (χ4n) is 3.07. The smallest absolute Gasteiger partial charge is 0.326 e. The molecule has 0 fully saturated rings. The van der Waals surface area contributed by atoms with E-state index in [1.54, 1.807) is 32.0 Å². The molecule has 0 aliphatic carbocycles. The third-order valence-electron chi connectivity index (χ3n) is 4.37. The number of sulfone groups is 1. The number of hydrogen-bond donors (Lipinski definition) is 1. The first kappa shape index (κ1) is 26.1. The molecule has 14 heteroatoms. The van der Waals surface area contributed by atoms with E-state index < -0.39 is 39.1 Å². The Bertz CT molecular complexity index is 1420. The predicted octanol–water partition coefficient (Wildman–Crippen LogP) is 1.44. The van der Waals surface area contributed by atoms with Crippen LogP contribution >= 0.6 is 11.3 Å². The fraction of sp³-hybridized carbons (Fsp3) is 0.381. The molecule has 3 rings (SSSR count). The molecule has 1 aromatic carbocycles. The lowest BCUT2D eigenvalue weighted by atomic mass is 10.3. The molecule has 1 N–H and O–H groups in total. The van der Waals surface area contributed by atoms with Crippen LogP contribution in [0.5, 0.6) is 5.75 Å². The highest BCUT2D eigenvalue weighted by atomic mass is 32.2. The number of nitrogens with one attached hydrogen (secondary N) is 1. The Morgan fingerprint density at radius 3 is 2.60 bits per heavy atom. The Hall–Kier alpha value is -3.52. The normalized spacial score (nSPS) is 12.0. The second-order valence-corrected chi connectivity index (χ2v) is 10.3. The Morgan fingerprint density at radius 2 is 1.94 bits per heavy atom. The third-order valence-corrected chi connectivity index (χ3v) is 6.80. The molecule has 0 unspecified atom stereocenters. The van der Waals surface area contributed by atoms with Gasteiger partial charge >= 0.3 is 5.97 Å². The largest absolute Gasteiger partial charge is 0.494 e. The van der Waals surface area contributed by atoms with Crippen LogP contribution in [0, 0.1) is 6.92 Å². The quantitative estimate of drug-likeness (QED) is 0.387. The number of carbonyl (C=O) groups is 3. The first-order valence-electron chi connectivity index (χ1n) is 10.5. The zero-order valence-electron chi connectivity index (χ0n) is 19.3. The van der Waals surface area contributed by atoms with E-state index in [4.69, 9.17) is 14.0 Å². The molecule has 0 radical (unpaired) electrons. The Balaban J connectivity index is 1.83. The van der Waals surface area contributed by atoms with Gasteiger partial charge in [0.25, 0.3) is 5.91 Å². The number of hydrogen-bond acceptors (Lipinski definition) is 10. The van der Waals surface area contributed by atoms with E-state index in [9.17, 15) is 22.8 Å². The Morgan fingerprint density at radius 1 is 1.17 bits per heavy atom. The standard InChI is InChI=1S/C21H24N4O8S2/c1-4-31-14-6-7-15-16(9-14)34-21(25(15)10-20(28)32-5-2)23-19(27)12-35(29,30)11-18(26)22-17-8-13(3)33-24-17/h6-9H,4-5,10-12H2,1-3H3,(H,22,24,26). The minimum Gasteiger partial charge on any atom is -0.494 e. The Labute approximate surface area is 204 Å². The predicted molar refractivity (Wildman–Crippen MR) is 127 cm³/mol. The van der Waals surface area contributed by atoms with Crippen molar-refractivity contribution in [2.45, 2.75) is 27.3 Å². The maximum atomic E-state index is 12.5. The summed E-state index contributed by atoms with van der Waals surface area (Å²) in [6.45, 7) is 5.53. The van der Waals surface area contributed by atoms with Gasteiger partial charge in [0.1, 0.15) is 29.6 Å². The van der Waals surface area contributed by atoms with E-state index in [-0.39, 0.29) is 23.8 Å². The molecule has 3 aromatic rings. The van der Waals surface area contributed by atoms with Gasteiger partial charge in [0.15, 0.2) is 20.5 Å². The van der Waals surface area contributed by atoms with Gasteiger partial charge in [-0.2, -0.15) is 4.99 Å². The van der Waals surface area contributed by atoms with E-state index in [2.05, 4.69) is 15.5 Å². The Kier molecular flexibility index (Phi) is 8.40. The van der Waals surface area contributed by atoms with Crippen LogP contribution in [-0.4, -0.2) is 60.6 Å². The molecule has 0 atom stereocenters. The molecule has 35 heavy (non-hydrogen) atoms. The number of rotatable bonds is 10. The molecular weight excluding hydrogens is 500 g/mol. The number of esters is 1. The zero-order chi connectivity index (χ0) is 25.6. The van der Waals surface area contributed by atoms with Crippen molar-refractivity contribution in [3.05, 3.63) is 34.8 Å². The van der Waals surface area contributed by atoms with Crippen LogP contribution in [0.25, 0.3) is 10.2 Å². The van der Waals surface area contributed by atoms with Crippen LogP contribution in [0.4, 0.5) is 5.82 Å². The molecule has 0 aliphatic rings. The van der Waals surface area contributed by atoms with E-state index in [0.29, 0.717) is 28.3 Å². The summed E-state index contributed by atoms with van der Waals surface area (Å²) in [5.41, 5.74) is 0.600. The lowest BCUT2D eigenvalue weighted by molar-refractivity contribution is -0.143. The summed E-state index contributed by atoms with van der Waals surface area (Å²) in [4.78, 5) is 40.7. The fourth-order valence-corrected chi connectivity index (χ4v) is 5.16. The highest BCUT2D eigenvalue weighted by Crippen LogP contribution is 2.23. The molecule has 2 heterocycles. The monoisotopic (exact) mass is 524 g/mol. The van der Waals surface area contributed by atoms with E-state index in [0.717, 1.165) is 11.3 Å². The average molecular weight is 525 g/mol. The molecule has 0 spiro atoms. The second kappa shape index (κ2) is 11.3. The van der Waals surface area contributed by atoms with Crippen LogP contribution in [0.1, 0.15) is 19.6 Å². The number of amides is 2. The minimum absolute atomic E-state index is 0.0652. The van der Waals surface area contributed by atoms with Crippen LogP contribution in [0.2, 0.25) is 0 Å². The van der Waals surface area contributed by atoms with E-state index >= 15 is 0 Å². The summed E-state index contributed by atoms with van der Waals surface area (Å²) in [5, 5.41) is 5.84. The van der Waals surface area contributed by atoms with Crippen molar-refractivity contribution >= 4 is 55.0 Å². The van der Waals surface area contributed by atoms with E-state index in [1.165, 1.54) is 10.6 Å². The molecule has 2 aromatic heterocycles. The van der Waals surface area contributed by atoms with Gasteiger partial charge in [-0.3, -0.25) is 14.4 Å². The van der Waals surface area contributed by atoms with Gasteiger partial charge in [0.05, 0.1) is 23.4 Å². The van der Waals surface area contributed by atoms with Gasteiger partial charge in [0, 0.05) is 6.07 Å². The minimum atomic E-state index is -4.13. The second-order valence-electron chi connectivity index (χ2n) is 7.25. The van der Waals surface area contributed by atoms with Gasteiger partial charge in [-0.15, -0.1) is 0 Å². The number of carbonyl (C=O) groups excluding carboxylic acids is 3. The summed E-state index contributed by atoms with van der Waals surface area (Å²) < 4.78 is 42.2. The highest BCUT2D eigenvalue weighted by Gasteiger charge is 2.22. The van der Waals surface area contributed by atoms with Gasteiger partial charge < -0.3 is 23.9 Å². The van der Waals surface area contributed by atoms with Crippen LogP contribution in [0.15, 0.2) is 33.8 Å². The molecule has 188 valence electrons. The molecule has 0 saturated heterocycles. The number of anilines is 1. The lowest BCUT2D eigenvalue weighted by Gasteiger charge is -2.06. The van der Waals surface area contributed by atoms with Crippen molar-refractivity contribution in [1.82, 2.24) is 9.72 Å². The van der Waals surface area contributed by atoms with Crippen LogP contribution in [-0.2, 0) is 35.5 Å². The first-order chi connectivity index (χ1) is 16.6. The van der Waals surface area contributed by atoms with Crippen molar-refractivity contribution in [2.24, 2.45) is 4.99 Å². The topological polar surface area (TPSA) is 159 Å². The lowest BCUT2D eigenvalue weighted by Crippen LogP contribution is -2.28. The third kappa shape index (κ3) is 7.23. The summed E-state index contributed by atoms with van der Waals surface area (Å²) >= 11 is 1.09. The van der Waals surface area contributed by atoms with Gasteiger partial charge in [-0.25, -0.2) is 8.42 Å². The maximum absolute atomic E-state index is 12.5. The zero-order valence-corrected chi connectivity index (χ0v) is 20.9. The summed E-state index contributed by atoms with van der Waals surface area (Å²) in [6.07, 6.45) is 0. The summed E-state index contributed by atoms with van der Waals surface area (Å²) in [6, 6.07) is 6.59. The number of aryl methyl sites for hydroxylation is 1. The molecule has 0 aliphatic heterocycles. The number of benzene rings is 1. The molecule has 0 bridgehead atoms. The van der Waals surface area contributed by atoms with Crippen molar-refractivity contribution in [1.29, 1.82) is 0 Å². The molecule has 2 amide bonds. The average Bonchev–Trinajstić information content (AvgIpc) is 3.30. The SMILES string of the molecule is CCOC(=O)Cn1c(=NC(=O)CS(=O)(=O)CC(=O)Nc2cc(C)on2)sc2cc(OCC)ccc21. The van der Waals surface area contributed by atoms with Crippen molar-refractivity contribution in [3.63, 3.8) is 0 Å². The van der Waals surface area contributed by atoms with Crippen LogP contribution in [0.3, 0.4) is 0 Å². The van der Waals surface area contributed by atoms with Crippen molar-refractivity contribution in [3.8, 4) is 5.75 Å². The summed E-state index contributed by atoms with van der Waals surface area (Å²) in [7, 11) is -4.13. The first-order valence-corrected chi connectivity index (χ1v) is 13.2. The number of ether oxygens (including phenoxy) is 2. The van der Waals surface area contributed by atoms with Gasteiger partial charge in [-0.1, -0.05) is 16.5 Å². The van der Waals surface area contributed by atoms with Crippen molar-refractivity contribution < 1.29 is 36.8 Å². The number of nitrogens with zero attached hydrogens (tertiary/aromatic N) is 3. The van der Waals surface area contributed by atoms with Crippen molar-refractivity contribution in [2.75, 3.05) is 30.0 Å². The number of fused-ring (bicyclic) bond motifs is 1. The summed E-state index contributed by atoms with van der Waals surface area (Å²) in [5.74, 6) is -3.22. The van der Waals surface area contributed by atoms with Crippen LogP contribution < -0.4 is 14.9 Å². The molecule has 12 nitrogen and oxygen atoms in total.